The van der Waals surface area contributed by atoms with Crippen LogP contribution in [0.2, 0.25) is 0 Å². The summed E-state index contributed by atoms with van der Waals surface area (Å²) in [6, 6.07) is 19.4. The number of H-pyrrole nitrogens is 1. The second-order valence-corrected chi connectivity index (χ2v) is 12.7. The number of rotatable bonds is 9. The van der Waals surface area contributed by atoms with Gasteiger partial charge < -0.3 is 20.3 Å². The molecule has 1 atom stereocenters. The van der Waals surface area contributed by atoms with Crippen molar-refractivity contribution in [3.63, 3.8) is 0 Å². The Bertz CT molecular complexity index is 1500. The Morgan fingerprint density at radius 2 is 1.60 bits per heavy atom. The van der Waals surface area contributed by atoms with E-state index in [1.54, 1.807) is 17.3 Å². The summed E-state index contributed by atoms with van der Waals surface area (Å²) in [7, 11) is 0. The zero-order chi connectivity index (χ0) is 31.8. The largest absolute Gasteiger partial charge is 0.393 e. The topological polar surface area (TPSA) is 98.3 Å². The van der Waals surface area contributed by atoms with E-state index in [-0.39, 0.29) is 17.4 Å². The predicted octanol–water partition coefficient (Wildman–Crippen LogP) is 7.09. The average Bonchev–Trinajstić information content (AvgIpc) is 3.47. The molecule has 7 heteroatoms. The minimum atomic E-state index is -0.692. The van der Waals surface area contributed by atoms with E-state index in [2.05, 4.69) is 15.3 Å². The number of aliphatic hydroxyl groups is 1. The van der Waals surface area contributed by atoms with Crippen LogP contribution in [0.3, 0.4) is 0 Å². The average molecular weight is 585 g/mol. The number of nitrogens with zero attached hydrogens (tertiary/aromatic N) is 2. The van der Waals surface area contributed by atoms with E-state index in [1.165, 1.54) is 0 Å². The third-order valence-corrected chi connectivity index (χ3v) is 7.10. The van der Waals surface area contributed by atoms with Crippen molar-refractivity contribution in [3.8, 4) is 0 Å². The molecule has 3 aromatic carbocycles. The maximum absolute atomic E-state index is 13.8. The summed E-state index contributed by atoms with van der Waals surface area (Å²) in [5.74, 6) is 0.494. The van der Waals surface area contributed by atoms with Gasteiger partial charge in [0, 0.05) is 29.0 Å². The van der Waals surface area contributed by atoms with E-state index < -0.39 is 11.6 Å². The SMILES string of the molecule is CC.CC(C)(C)NC(=O)c1c(CCC(O)Cc2ccccc2C(=O)N(Cc2ncc[nH]2)C(C)(C)C)ccc2ccccc12. The Kier molecular flexibility index (Phi) is 11.3. The van der Waals surface area contributed by atoms with Crippen molar-refractivity contribution in [2.75, 3.05) is 0 Å². The summed E-state index contributed by atoms with van der Waals surface area (Å²) < 4.78 is 0. The molecule has 4 aromatic rings. The zero-order valence-corrected chi connectivity index (χ0v) is 27.0. The molecular formula is C36H48N4O3. The van der Waals surface area contributed by atoms with Gasteiger partial charge in [0.25, 0.3) is 11.8 Å². The van der Waals surface area contributed by atoms with Crippen LogP contribution >= 0.6 is 0 Å². The summed E-state index contributed by atoms with van der Waals surface area (Å²) in [6.45, 7) is 16.3. The highest BCUT2D eigenvalue weighted by Crippen LogP contribution is 2.26. The summed E-state index contributed by atoms with van der Waals surface area (Å²) >= 11 is 0. The molecule has 0 saturated carbocycles. The van der Waals surface area contributed by atoms with E-state index in [1.807, 2.05) is 116 Å². The van der Waals surface area contributed by atoms with Crippen molar-refractivity contribution in [1.82, 2.24) is 20.2 Å². The number of aliphatic hydroxyl groups excluding tert-OH is 1. The van der Waals surface area contributed by atoms with Gasteiger partial charge in [-0.2, -0.15) is 0 Å². The molecule has 7 nitrogen and oxygen atoms in total. The van der Waals surface area contributed by atoms with E-state index >= 15 is 0 Å². The molecule has 43 heavy (non-hydrogen) atoms. The smallest absolute Gasteiger partial charge is 0.254 e. The number of aromatic nitrogens is 2. The van der Waals surface area contributed by atoms with E-state index in [4.69, 9.17) is 0 Å². The second kappa shape index (κ2) is 14.5. The molecular weight excluding hydrogens is 536 g/mol. The highest BCUT2D eigenvalue weighted by molar-refractivity contribution is 6.08. The van der Waals surface area contributed by atoms with Gasteiger partial charge in [-0.1, -0.05) is 68.4 Å². The van der Waals surface area contributed by atoms with Gasteiger partial charge in [-0.3, -0.25) is 9.59 Å². The summed E-state index contributed by atoms with van der Waals surface area (Å²) in [6.07, 6.45) is 4.05. The third-order valence-electron chi connectivity index (χ3n) is 7.10. The van der Waals surface area contributed by atoms with Crippen LogP contribution in [0.25, 0.3) is 10.8 Å². The van der Waals surface area contributed by atoms with Crippen LogP contribution < -0.4 is 5.32 Å². The minimum Gasteiger partial charge on any atom is -0.393 e. The number of benzene rings is 3. The van der Waals surface area contributed by atoms with Crippen LogP contribution in [-0.2, 0) is 19.4 Å². The number of carbonyl (C=O) groups excluding carboxylic acids is 2. The van der Waals surface area contributed by atoms with Crippen molar-refractivity contribution < 1.29 is 14.7 Å². The van der Waals surface area contributed by atoms with Crippen LogP contribution in [0.4, 0.5) is 0 Å². The number of hydrogen-bond acceptors (Lipinski definition) is 4. The van der Waals surface area contributed by atoms with Crippen molar-refractivity contribution in [2.24, 2.45) is 0 Å². The van der Waals surface area contributed by atoms with Crippen LogP contribution in [0.5, 0.6) is 0 Å². The first-order valence-corrected chi connectivity index (χ1v) is 15.2. The molecule has 4 rings (SSSR count). The lowest BCUT2D eigenvalue weighted by molar-refractivity contribution is 0.0549. The van der Waals surface area contributed by atoms with Crippen LogP contribution in [0.1, 0.15) is 99.5 Å². The van der Waals surface area contributed by atoms with Gasteiger partial charge in [0.05, 0.1) is 18.2 Å². The molecule has 0 aliphatic heterocycles. The van der Waals surface area contributed by atoms with Gasteiger partial charge in [-0.15, -0.1) is 0 Å². The maximum atomic E-state index is 13.8. The molecule has 1 unspecified atom stereocenters. The van der Waals surface area contributed by atoms with Gasteiger partial charge in [0.15, 0.2) is 0 Å². The second-order valence-electron chi connectivity index (χ2n) is 12.7. The predicted molar refractivity (Wildman–Crippen MR) is 175 cm³/mol. The van der Waals surface area contributed by atoms with E-state index in [0.717, 1.165) is 21.9 Å². The Morgan fingerprint density at radius 3 is 2.26 bits per heavy atom. The number of hydrogen-bond donors (Lipinski definition) is 3. The summed E-state index contributed by atoms with van der Waals surface area (Å²) in [4.78, 5) is 36.4. The first-order chi connectivity index (χ1) is 20.3. The minimum absolute atomic E-state index is 0.104. The lowest BCUT2D eigenvalue weighted by atomic mass is 9.92. The van der Waals surface area contributed by atoms with Crippen molar-refractivity contribution in [1.29, 1.82) is 0 Å². The molecule has 0 spiro atoms. The van der Waals surface area contributed by atoms with Gasteiger partial charge >= 0.3 is 0 Å². The maximum Gasteiger partial charge on any atom is 0.254 e. The van der Waals surface area contributed by atoms with Crippen molar-refractivity contribution >= 4 is 22.6 Å². The highest BCUT2D eigenvalue weighted by atomic mass is 16.3. The molecule has 0 saturated heterocycles. The lowest BCUT2D eigenvalue weighted by Gasteiger charge is -2.35. The normalized spacial score (nSPS) is 12.3. The third kappa shape index (κ3) is 9.01. The number of imidazole rings is 1. The fraction of sp³-hybridized carbons (Fsp3) is 0.417. The van der Waals surface area contributed by atoms with Crippen LogP contribution in [0.15, 0.2) is 73.1 Å². The Morgan fingerprint density at radius 1 is 0.930 bits per heavy atom. The highest BCUT2D eigenvalue weighted by Gasteiger charge is 2.30. The number of nitrogens with one attached hydrogen (secondary N) is 2. The molecule has 0 bridgehead atoms. The quantitative estimate of drug-likeness (QED) is 0.196. The van der Waals surface area contributed by atoms with E-state index in [0.29, 0.717) is 42.8 Å². The molecule has 1 heterocycles. The molecule has 230 valence electrons. The number of aromatic amines is 1. The molecule has 2 amide bonds. The number of carbonyl (C=O) groups is 2. The first kappa shape index (κ1) is 33.5. The Labute approximate surface area is 256 Å². The molecule has 0 fully saturated rings. The van der Waals surface area contributed by atoms with Gasteiger partial charge in [0.2, 0.25) is 0 Å². The Balaban J connectivity index is 0.00000248. The monoisotopic (exact) mass is 584 g/mol. The van der Waals surface area contributed by atoms with Gasteiger partial charge in [-0.05, 0) is 88.8 Å². The summed E-state index contributed by atoms with van der Waals surface area (Å²) in [5.41, 5.74) is 2.10. The van der Waals surface area contributed by atoms with Gasteiger partial charge in [-0.25, -0.2) is 4.98 Å². The van der Waals surface area contributed by atoms with Crippen molar-refractivity contribution in [2.45, 2.75) is 98.4 Å². The fourth-order valence-electron chi connectivity index (χ4n) is 5.07. The molecule has 0 aliphatic rings. The van der Waals surface area contributed by atoms with Crippen LogP contribution in [-0.4, -0.2) is 49.0 Å². The summed E-state index contributed by atoms with van der Waals surface area (Å²) in [5, 5.41) is 16.2. The molecule has 0 aliphatic carbocycles. The fourth-order valence-corrected chi connectivity index (χ4v) is 5.07. The molecule has 0 radical (unpaired) electrons. The Hall–Kier alpha value is -3.97. The number of fused-ring (bicyclic) bond motifs is 1. The van der Waals surface area contributed by atoms with E-state index in [9.17, 15) is 14.7 Å². The number of aryl methyl sites for hydroxylation is 1. The number of amides is 2. The lowest BCUT2D eigenvalue weighted by Crippen LogP contribution is -2.45. The molecule has 1 aromatic heterocycles. The molecule has 3 N–H and O–H groups in total. The zero-order valence-electron chi connectivity index (χ0n) is 27.0. The standard InChI is InChI=1S/C34H42N4O3.C2H6/c1-33(2,3)37-31(40)30-24(16-15-23-11-7-9-13-27(23)30)17-18-26(39)21-25-12-8-10-14-28(25)32(41)38(34(4,5)6)22-29-35-19-20-36-29;1-2/h7-16,19-20,26,39H,17-18,21-22H2,1-6H3,(H,35,36)(H,37,40);1-2H3. The first-order valence-electron chi connectivity index (χ1n) is 15.2. The van der Waals surface area contributed by atoms with Gasteiger partial charge in [0.1, 0.15) is 5.82 Å². The van der Waals surface area contributed by atoms with Crippen LogP contribution in [0, 0.1) is 0 Å². The van der Waals surface area contributed by atoms with Crippen molar-refractivity contribution in [3.05, 3.63) is 101 Å².